The van der Waals surface area contributed by atoms with Crippen molar-refractivity contribution in [2.24, 2.45) is 5.41 Å². The molecule has 0 unspecified atom stereocenters. The third-order valence-corrected chi connectivity index (χ3v) is 3.66. The van der Waals surface area contributed by atoms with Crippen LogP contribution in [0.3, 0.4) is 0 Å². The van der Waals surface area contributed by atoms with Crippen LogP contribution in [0.15, 0.2) is 36.4 Å². The third kappa shape index (κ3) is 2.97. The fourth-order valence-electron chi connectivity index (χ4n) is 2.08. The maximum atomic E-state index is 12.0. The van der Waals surface area contributed by atoms with Crippen molar-refractivity contribution in [3.63, 3.8) is 0 Å². The minimum Gasteiger partial charge on any atom is -0.457 e. The maximum Gasteiger partial charge on any atom is 0.316 e. The van der Waals surface area contributed by atoms with Gasteiger partial charge in [-0.2, -0.15) is 0 Å². The first-order valence-electron chi connectivity index (χ1n) is 6.61. The molecule has 1 saturated heterocycles. The Morgan fingerprint density at radius 1 is 1.43 bits per heavy atom. The van der Waals surface area contributed by atoms with E-state index in [1.54, 1.807) is 38.1 Å². The number of rotatable bonds is 3. The highest BCUT2D eigenvalue weighted by Gasteiger charge is 2.45. The lowest BCUT2D eigenvalue weighted by molar-refractivity contribution is -0.147. The first-order valence-corrected chi connectivity index (χ1v) is 6.61. The van der Waals surface area contributed by atoms with Gasteiger partial charge in [-0.3, -0.25) is 9.59 Å². The van der Waals surface area contributed by atoms with Crippen LogP contribution in [0.4, 0.5) is 5.69 Å². The molecule has 1 atom stereocenters. The Hall–Kier alpha value is -2.54. The Balaban J connectivity index is 1.98. The highest BCUT2D eigenvalue weighted by molar-refractivity contribution is 5.92. The predicted octanol–water partition coefficient (Wildman–Crippen LogP) is 2.50. The molecule has 4 nitrogen and oxygen atoms in total. The zero-order valence-electron chi connectivity index (χ0n) is 12.1. The summed E-state index contributed by atoms with van der Waals surface area (Å²) in [6.45, 7) is 7.36. The number of hydrogen-bond donors (Lipinski definition) is 1. The van der Waals surface area contributed by atoms with Crippen LogP contribution in [-0.4, -0.2) is 18.0 Å². The minimum absolute atomic E-state index is 0.0604. The van der Waals surface area contributed by atoms with Gasteiger partial charge in [0.1, 0.15) is 6.10 Å². The molecule has 0 aliphatic carbocycles. The van der Waals surface area contributed by atoms with Gasteiger partial charge in [-0.1, -0.05) is 12.5 Å². The Bertz CT molecular complexity index is 635. The van der Waals surface area contributed by atoms with Crippen molar-refractivity contribution in [1.29, 1.82) is 0 Å². The van der Waals surface area contributed by atoms with E-state index in [1.807, 2.05) is 0 Å². The number of cyclic esters (lactones) is 1. The summed E-state index contributed by atoms with van der Waals surface area (Å²) in [5.74, 6) is 1.92. The summed E-state index contributed by atoms with van der Waals surface area (Å²) in [7, 11) is 0. The molecule has 1 amide bonds. The summed E-state index contributed by atoms with van der Waals surface area (Å²) in [5, 5.41) is 2.74. The van der Waals surface area contributed by atoms with Crippen LogP contribution in [0.25, 0.3) is 0 Å². The van der Waals surface area contributed by atoms with Gasteiger partial charge in [0.2, 0.25) is 5.91 Å². The van der Waals surface area contributed by atoms with Gasteiger partial charge in [-0.05, 0) is 43.7 Å². The molecule has 108 valence electrons. The van der Waals surface area contributed by atoms with Crippen LogP contribution in [0, 0.1) is 17.8 Å². The molecule has 1 heterocycles. The van der Waals surface area contributed by atoms with E-state index in [9.17, 15) is 9.59 Å². The van der Waals surface area contributed by atoms with E-state index in [1.165, 1.54) is 0 Å². The Morgan fingerprint density at radius 2 is 2.05 bits per heavy atom. The lowest BCUT2D eigenvalue weighted by atomic mass is 9.84. The molecule has 1 aromatic carbocycles. The normalized spacial score (nSPS) is 19.8. The number of terminal acetylenes is 1. The molecule has 0 radical (unpaired) electrons. The van der Waals surface area contributed by atoms with Gasteiger partial charge < -0.3 is 10.1 Å². The smallest absolute Gasteiger partial charge is 0.316 e. The SMILES string of the molecule is C#Cc1ccc(NC(=O)C[C@H]2OC(=O)C(C)(C)C2=C)cc1. The predicted molar refractivity (Wildman–Crippen MR) is 80.4 cm³/mol. The second kappa shape index (κ2) is 5.45. The zero-order chi connectivity index (χ0) is 15.6. The van der Waals surface area contributed by atoms with Crippen molar-refractivity contribution in [2.45, 2.75) is 26.4 Å². The second-order valence-electron chi connectivity index (χ2n) is 5.52. The van der Waals surface area contributed by atoms with Crippen molar-refractivity contribution >= 4 is 17.6 Å². The summed E-state index contributed by atoms with van der Waals surface area (Å²) < 4.78 is 5.21. The summed E-state index contributed by atoms with van der Waals surface area (Å²) >= 11 is 0. The number of hydrogen-bond acceptors (Lipinski definition) is 3. The number of nitrogens with one attached hydrogen (secondary N) is 1. The number of amides is 1. The minimum atomic E-state index is -0.737. The molecule has 0 saturated carbocycles. The van der Waals surface area contributed by atoms with Crippen LogP contribution >= 0.6 is 0 Å². The van der Waals surface area contributed by atoms with Gasteiger partial charge in [-0.25, -0.2) is 0 Å². The number of ether oxygens (including phenoxy) is 1. The molecule has 0 spiro atoms. The number of benzene rings is 1. The summed E-state index contributed by atoms with van der Waals surface area (Å²) in [6.07, 6.45) is 4.76. The number of carbonyl (C=O) groups excluding carboxylic acids is 2. The molecule has 1 aliphatic heterocycles. The van der Waals surface area contributed by atoms with Crippen LogP contribution < -0.4 is 5.32 Å². The van der Waals surface area contributed by atoms with Gasteiger partial charge in [0, 0.05) is 11.3 Å². The molecule has 0 aromatic heterocycles. The molecule has 2 rings (SSSR count). The van der Waals surface area contributed by atoms with Gasteiger partial charge in [0.05, 0.1) is 11.8 Å². The molecule has 0 bridgehead atoms. The van der Waals surface area contributed by atoms with Gasteiger partial charge >= 0.3 is 5.97 Å². The first kappa shape index (κ1) is 14.9. The Morgan fingerprint density at radius 3 is 2.52 bits per heavy atom. The zero-order valence-corrected chi connectivity index (χ0v) is 12.1. The fourth-order valence-corrected chi connectivity index (χ4v) is 2.08. The van der Waals surface area contributed by atoms with Crippen LogP contribution in [0.5, 0.6) is 0 Å². The van der Waals surface area contributed by atoms with Crippen LogP contribution in [0.1, 0.15) is 25.8 Å². The summed E-state index contributed by atoms with van der Waals surface area (Å²) in [6, 6.07) is 6.94. The fraction of sp³-hybridized carbons (Fsp3) is 0.294. The average Bonchev–Trinajstić information content (AvgIpc) is 2.63. The monoisotopic (exact) mass is 283 g/mol. The third-order valence-electron chi connectivity index (χ3n) is 3.66. The highest BCUT2D eigenvalue weighted by atomic mass is 16.6. The lowest BCUT2D eigenvalue weighted by Crippen LogP contribution is -2.22. The van der Waals surface area contributed by atoms with Crippen molar-refractivity contribution < 1.29 is 14.3 Å². The Labute approximate surface area is 124 Å². The van der Waals surface area contributed by atoms with Crippen molar-refractivity contribution in [1.82, 2.24) is 0 Å². The first-order chi connectivity index (χ1) is 9.84. The van der Waals surface area contributed by atoms with Crippen molar-refractivity contribution in [3.05, 3.63) is 42.0 Å². The van der Waals surface area contributed by atoms with Gasteiger partial charge in [0.15, 0.2) is 0 Å². The van der Waals surface area contributed by atoms with E-state index >= 15 is 0 Å². The standard InChI is InChI=1S/C17H17NO3/c1-5-12-6-8-13(9-7-12)18-15(19)10-14-11(2)17(3,4)16(20)21-14/h1,6-9,14H,2,10H2,3-4H3,(H,18,19)/t14-/m1/s1. The molecule has 21 heavy (non-hydrogen) atoms. The van der Waals surface area contributed by atoms with E-state index in [-0.39, 0.29) is 18.3 Å². The number of carbonyl (C=O) groups is 2. The van der Waals surface area contributed by atoms with E-state index in [0.29, 0.717) is 11.3 Å². The topological polar surface area (TPSA) is 55.4 Å². The quantitative estimate of drug-likeness (QED) is 0.527. The van der Waals surface area contributed by atoms with Gasteiger partial charge in [-0.15, -0.1) is 6.42 Å². The lowest BCUT2D eigenvalue weighted by Gasteiger charge is -2.15. The summed E-state index contributed by atoms with van der Waals surface area (Å²) in [5.41, 5.74) is 1.28. The molecular weight excluding hydrogens is 266 g/mol. The van der Waals surface area contributed by atoms with Crippen LogP contribution in [-0.2, 0) is 14.3 Å². The van der Waals surface area contributed by atoms with E-state index < -0.39 is 11.5 Å². The molecule has 1 aromatic rings. The van der Waals surface area contributed by atoms with E-state index in [2.05, 4.69) is 17.8 Å². The maximum absolute atomic E-state index is 12.0. The van der Waals surface area contributed by atoms with E-state index in [0.717, 1.165) is 5.56 Å². The largest absolute Gasteiger partial charge is 0.457 e. The molecule has 1 N–H and O–H groups in total. The molecular formula is C17H17NO3. The van der Waals surface area contributed by atoms with Crippen molar-refractivity contribution in [3.8, 4) is 12.3 Å². The van der Waals surface area contributed by atoms with Crippen LogP contribution in [0.2, 0.25) is 0 Å². The average molecular weight is 283 g/mol. The molecule has 4 heteroatoms. The molecule has 1 fully saturated rings. The highest BCUT2D eigenvalue weighted by Crippen LogP contribution is 2.38. The van der Waals surface area contributed by atoms with E-state index in [4.69, 9.17) is 11.2 Å². The Kier molecular flexibility index (Phi) is 3.86. The van der Waals surface area contributed by atoms with Crippen molar-refractivity contribution in [2.75, 3.05) is 5.32 Å². The number of esters is 1. The van der Waals surface area contributed by atoms with Gasteiger partial charge in [0.25, 0.3) is 0 Å². The second-order valence-corrected chi connectivity index (χ2v) is 5.52. The number of anilines is 1. The molecule has 1 aliphatic rings. The summed E-state index contributed by atoms with van der Waals surface area (Å²) in [4.78, 5) is 23.7.